The Kier molecular flexibility index (Phi) is 3.41. The van der Waals surface area contributed by atoms with Crippen LogP contribution in [0.1, 0.15) is 27.4 Å². The Hall–Kier alpha value is -2.96. The van der Waals surface area contributed by atoms with Crippen LogP contribution in [0.3, 0.4) is 0 Å². The number of carbonyl (C=O) groups is 1. The van der Waals surface area contributed by atoms with Crippen LogP contribution < -0.4 is 5.32 Å². The van der Waals surface area contributed by atoms with E-state index < -0.39 is 0 Å². The first-order chi connectivity index (χ1) is 11.7. The highest BCUT2D eigenvalue weighted by Crippen LogP contribution is 2.20. The molecule has 0 unspecified atom stereocenters. The van der Waals surface area contributed by atoms with Gasteiger partial charge >= 0.3 is 0 Å². The smallest absolute Gasteiger partial charge is 0.274 e. The van der Waals surface area contributed by atoms with E-state index >= 15 is 0 Å². The number of aryl methyl sites for hydroxylation is 1. The molecule has 3 aromatic heterocycles. The largest absolute Gasteiger partial charge is 0.372 e. The van der Waals surface area contributed by atoms with Gasteiger partial charge in [0.1, 0.15) is 17.2 Å². The summed E-state index contributed by atoms with van der Waals surface area (Å²) in [6.45, 7) is 3.16. The van der Waals surface area contributed by atoms with Crippen molar-refractivity contribution in [2.24, 2.45) is 0 Å². The van der Waals surface area contributed by atoms with E-state index in [1.165, 1.54) is 0 Å². The van der Waals surface area contributed by atoms with Crippen molar-refractivity contribution in [3.63, 3.8) is 0 Å². The first kappa shape index (κ1) is 14.6. The van der Waals surface area contributed by atoms with Crippen molar-refractivity contribution in [3.05, 3.63) is 53.1 Å². The lowest BCUT2D eigenvalue weighted by Gasteiger charge is -2.27. The Bertz CT molecular complexity index is 932. The zero-order chi connectivity index (χ0) is 16.7. The van der Waals surface area contributed by atoms with Crippen molar-refractivity contribution in [2.45, 2.75) is 19.9 Å². The Morgan fingerprint density at radius 3 is 2.96 bits per heavy atom. The van der Waals surface area contributed by atoms with E-state index in [2.05, 4.69) is 20.5 Å². The number of pyridine rings is 1. The van der Waals surface area contributed by atoms with Gasteiger partial charge in [-0.2, -0.15) is 5.10 Å². The Balaban J connectivity index is 1.63. The van der Waals surface area contributed by atoms with Gasteiger partial charge in [-0.15, -0.1) is 5.10 Å². The highest BCUT2D eigenvalue weighted by atomic mass is 16.2. The topological polar surface area (TPSA) is 75.4 Å². The number of nitrogens with zero attached hydrogens (tertiary/aromatic N) is 5. The maximum absolute atomic E-state index is 12.8. The molecule has 0 radical (unpaired) electrons. The molecule has 1 N–H and O–H groups in total. The van der Waals surface area contributed by atoms with Gasteiger partial charge in [0.05, 0.1) is 5.69 Å². The van der Waals surface area contributed by atoms with Crippen LogP contribution in [0, 0.1) is 6.92 Å². The van der Waals surface area contributed by atoms with Crippen molar-refractivity contribution < 1.29 is 4.79 Å². The summed E-state index contributed by atoms with van der Waals surface area (Å²) < 4.78 is 1.94. The minimum Gasteiger partial charge on any atom is -0.372 e. The second-order valence-electron chi connectivity index (χ2n) is 5.95. The Labute approximate surface area is 139 Å². The molecule has 0 fully saturated rings. The van der Waals surface area contributed by atoms with Crippen molar-refractivity contribution in [2.75, 3.05) is 18.9 Å². The number of carbonyl (C=O) groups excluding carboxylic acids is 1. The molecule has 0 aliphatic carbocycles. The molecule has 0 aromatic carbocycles. The van der Waals surface area contributed by atoms with Gasteiger partial charge < -0.3 is 14.6 Å². The summed E-state index contributed by atoms with van der Waals surface area (Å²) in [6, 6.07) is 7.80. The van der Waals surface area contributed by atoms with E-state index in [-0.39, 0.29) is 5.91 Å². The average molecular weight is 322 g/mol. The second kappa shape index (κ2) is 5.59. The minimum absolute atomic E-state index is 0.0495. The van der Waals surface area contributed by atoms with E-state index in [1.54, 1.807) is 7.05 Å². The molecule has 1 aliphatic rings. The van der Waals surface area contributed by atoms with E-state index in [0.29, 0.717) is 31.0 Å². The van der Waals surface area contributed by atoms with E-state index in [4.69, 9.17) is 0 Å². The Morgan fingerprint density at radius 1 is 1.29 bits per heavy atom. The Morgan fingerprint density at radius 2 is 2.17 bits per heavy atom. The van der Waals surface area contributed by atoms with Gasteiger partial charge in [0.15, 0.2) is 0 Å². The maximum atomic E-state index is 12.8. The fourth-order valence-electron chi connectivity index (χ4n) is 3.04. The fraction of sp³-hybridized carbons (Fsp3) is 0.294. The number of anilines is 1. The predicted molar refractivity (Wildman–Crippen MR) is 90.0 cm³/mol. The molecule has 1 aliphatic heterocycles. The van der Waals surface area contributed by atoms with Crippen LogP contribution >= 0.6 is 0 Å². The van der Waals surface area contributed by atoms with Gasteiger partial charge in [-0.3, -0.25) is 4.79 Å². The van der Waals surface area contributed by atoms with Crippen LogP contribution in [0.5, 0.6) is 0 Å². The summed E-state index contributed by atoms with van der Waals surface area (Å²) in [5.74, 6) is 0.665. The van der Waals surface area contributed by atoms with Crippen LogP contribution in [-0.4, -0.2) is 44.0 Å². The number of aromatic nitrogens is 4. The standard InChI is InChI=1S/C17H18N6O/c1-11-4-3-5-16-19-14(10-23(11)16)17(24)22-7-6-13-12(9-22)8-15(18-2)21-20-13/h3-5,8,10H,6-7,9H2,1-2H3,(H,18,21). The number of amides is 1. The normalized spacial score (nSPS) is 13.8. The first-order valence-electron chi connectivity index (χ1n) is 7.93. The van der Waals surface area contributed by atoms with Crippen molar-refractivity contribution >= 4 is 17.4 Å². The number of imidazole rings is 1. The number of nitrogens with one attached hydrogen (secondary N) is 1. The van der Waals surface area contributed by atoms with Gasteiger partial charge in [-0.1, -0.05) is 6.07 Å². The third-order valence-corrected chi connectivity index (χ3v) is 4.40. The monoisotopic (exact) mass is 322 g/mol. The predicted octanol–water partition coefficient (Wildman–Crippen LogP) is 1.67. The molecular weight excluding hydrogens is 304 g/mol. The molecule has 0 atom stereocenters. The molecule has 7 heteroatoms. The summed E-state index contributed by atoms with van der Waals surface area (Å²) >= 11 is 0. The maximum Gasteiger partial charge on any atom is 0.274 e. The average Bonchev–Trinajstić information content (AvgIpc) is 3.05. The van der Waals surface area contributed by atoms with Gasteiger partial charge in [-0.25, -0.2) is 4.98 Å². The molecule has 7 nitrogen and oxygen atoms in total. The van der Waals surface area contributed by atoms with Gasteiger partial charge in [0.2, 0.25) is 0 Å². The quantitative estimate of drug-likeness (QED) is 0.777. The minimum atomic E-state index is -0.0495. The zero-order valence-corrected chi connectivity index (χ0v) is 13.7. The molecule has 1 amide bonds. The van der Waals surface area contributed by atoms with Crippen LogP contribution in [0.4, 0.5) is 5.82 Å². The van der Waals surface area contributed by atoms with Gasteiger partial charge in [-0.05, 0) is 30.7 Å². The molecule has 0 bridgehead atoms. The SMILES string of the molecule is CNc1cc2c(nn1)CCN(C(=O)c1cn3c(C)cccc3n1)C2. The molecule has 122 valence electrons. The molecule has 24 heavy (non-hydrogen) atoms. The molecule has 0 saturated heterocycles. The summed E-state index contributed by atoms with van der Waals surface area (Å²) in [5.41, 5.74) is 4.32. The van der Waals surface area contributed by atoms with Crippen molar-refractivity contribution in [1.29, 1.82) is 0 Å². The van der Waals surface area contributed by atoms with Crippen LogP contribution in [0.15, 0.2) is 30.5 Å². The number of hydrogen-bond donors (Lipinski definition) is 1. The van der Waals surface area contributed by atoms with Crippen LogP contribution in [-0.2, 0) is 13.0 Å². The lowest BCUT2D eigenvalue weighted by Crippen LogP contribution is -2.36. The third-order valence-electron chi connectivity index (χ3n) is 4.40. The molecule has 0 saturated carbocycles. The lowest BCUT2D eigenvalue weighted by molar-refractivity contribution is 0.0728. The van der Waals surface area contributed by atoms with Gasteiger partial charge in [0.25, 0.3) is 5.91 Å². The first-order valence-corrected chi connectivity index (χ1v) is 7.93. The zero-order valence-electron chi connectivity index (χ0n) is 13.7. The second-order valence-corrected chi connectivity index (χ2v) is 5.95. The highest BCUT2D eigenvalue weighted by Gasteiger charge is 2.25. The summed E-state index contributed by atoms with van der Waals surface area (Å²) in [6.07, 6.45) is 2.52. The van der Waals surface area contributed by atoms with Crippen molar-refractivity contribution in [1.82, 2.24) is 24.5 Å². The molecule has 0 spiro atoms. The van der Waals surface area contributed by atoms with E-state index in [1.807, 2.05) is 46.7 Å². The van der Waals surface area contributed by atoms with E-state index in [0.717, 1.165) is 22.6 Å². The summed E-state index contributed by atoms with van der Waals surface area (Å²) in [4.78, 5) is 19.1. The van der Waals surface area contributed by atoms with Gasteiger partial charge in [0, 0.05) is 38.4 Å². The van der Waals surface area contributed by atoms with Crippen LogP contribution in [0.25, 0.3) is 5.65 Å². The summed E-state index contributed by atoms with van der Waals surface area (Å²) in [7, 11) is 1.81. The highest BCUT2D eigenvalue weighted by molar-refractivity contribution is 5.93. The molecule has 4 heterocycles. The van der Waals surface area contributed by atoms with Crippen molar-refractivity contribution in [3.8, 4) is 0 Å². The number of rotatable bonds is 2. The molecular formula is C17H18N6O. The molecule has 4 rings (SSSR count). The fourth-order valence-corrected chi connectivity index (χ4v) is 3.04. The summed E-state index contributed by atoms with van der Waals surface area (Å²) in [5, 5.41) is 11.3. The lowest BCUT2D eigenvalue weighted by atomic mass is 10.1. The number of hydrogen-bond acceptors (Lipinski definition) is 5. The van der Waals surface area contributed by atoms with Crippen LogP contribution in [0.2, 0.25) is 0 Å². The third kappa shape index (κ3) is 2.38. The van der Waals surface area contributed by atoms with E-state index in [9.17, 15) is 4.79 Å². The number of fused-ring (bicyclic) bond motifs is 2. The molecule has 3 aromatic rings.